The third kappa shape index (κ3) is 5.61. The summed E-state index contributed by atoms with van der Waals surface area (Å²) in [5.41, 5.74) is 19.7. The highest BCUT2D eigenvalue weighted by Crippen LogP contribution is 2.57. The van der Waals surface area contributed by atoms with Crippen molar-refractivity contribution >= 4 is 34.3 Å². The van der Waals surface area contributed by atoms with Crippen LogP contribution >= 0.6 is 0 Å². The van der Waals surface area contributed by atoms with Crippen molar-refractivity contribution in [3.05, 3.63) is 263 Å². The zero-order chi connectivity index (χ0) is 41.1. The molecule has 0 radical (unpaired) electrons. The molecular weight excluding hydrogens is 735 g/mol. The van der Waals surface area contributed by atoms with E-state index in [0.29, 0.717) is 0 Å². The summed E-state index contributed by atoms with van der Waals surface area (Å²) in [6, 6.07) is 65.2. The van der Waals surface area contributed by atoms with E-state index in [1.165, 1.54) is 88.8 Å². The van der Waals surface area contributed by atoms with Gasteiger partial charge < -0.3 is 4.90 Å². The molecule has 0 atom stereocenters. The third-order valence-corrected chi connectivity index (χ3v) is 13.6. The Hall–Kier alpha value is -7.22. The van der Waals surface area contributed by atoms with E-state index in [0.717, 1.165) is 24.2 Å². The molecule has 0 fully saturated rings. The van der Waals surface area contributed by atoms with Crippen LogP contribution in [-0.2, 0) is 17.3 Å². The molecule has 0 bridgehead atoms. The number of allylic oxidation sites excluding steroid dienone is 4. The van der Waals surface area contributed by atoms with Gasteiger partial charge in [-0.25, -0.2) is 0 Å². The molecule has 0 saturated heterocycles. The van der Waals surface area contributed by atoms with E-state index in [-0.39, 0.29) is 5.41 Å². The van der Waals surface area contributed by atoms with Gasteiger partial charge in [0.15, 0.2) is 0 Å². The Bertz CT molecular complexity index is 3080. The van der Waals surface area contributed by atoms with Gasteiger partial charge in [0.1, 0.15) is 0 Å². The number of anilines is 2. The Balaban J connectivity index is 1.15. The smallest absolute Gasteiger partial charge is 0.0714 e. The van der Waals surface area contributed by atoms with Crippen LogP contribution in [0.1, 0.15) is 70.3 Å². The fourth-order valence-corrected chi connectivity index (χ4v) is 10.9. The number of rotatable bonds is 8. The van der Waals surface area contributed by atoms with Crippen molar-refractivity contribution in [3.8, 4) is 22.3 Å². The first-order valence-corrected chi connectivity index (χ1v) is 21.6. The van der Waals surface area contributed by atoms with Crippen LogP contribution in [0.5, 0.6) is 0 Å². The van der Waals surface area contributed by atoms with Gasteiger partial charge in [-0.3, -0.25) is 0 Å². The molecule has 0 heterocycles. The summed E-state index contributed by atoms with van der Waals surface area (Å²) < 4.78 is 0. The molecule has 0 aromatic heterocycles. The Morgan fingerprint density at radius 1 is 0.607 bits per heavy atom. The maximum atomic E-state index is 4.51. The summed E-state index contributed by atoms with van der Waals surface area (Å²) >= 11 is 0. The summed E-state index contributed by atoms with van der Waals surface area (Å²) in [6.45, 7) is 9.20. The highest BCUT2D eigenvalue weighted by atomic mass is 15.1. The van der Waals surface area contributed by atoms with E-state index in [2.05, 4.69) is 232 Å². The van der Waals surface area contributed by atoms with Crippen molar-refractivity contribution in [1.29, 1.82) is 0 Å². The van der Waals surface area contributed by atoms with Crippen molar-refractivity contribution in [2.24, 2.45) is 0 Å². The first-order valence-electron chi connectivity index (χ1n) is 21.6. The first kappa shape index (κ1) is 36.8. The summed E-state index contributed by atoms with van der Waals surface area (Å²) in [5.74, 6) is 0. The highest BCUT2D eigenvalue weighted by Gasteiger charge is 2.46. The maximum absolute atomic E-state index is 4.51. The zero-order valence-corrected chi connectivity index (χ0v) is 34.8. The van der Waals surface area contributed by atoms with Gasteiger partial charge in [-0.2, -0.15) is 0 Å². The van der Waals surface area contributed by atoms with Gasteiger partial charge >= 0.3 is 0 Å². The molecule has 11 rings (SSSR count). The van der Waals surface area contributed by atoms with Gasteiger partial charge in [0.05, 0.1) is 11.1 Å². The van der Waals surface area contributed by atoms with Crippen LogP contribution in [0.2, 0.25) is 0 Å². The van der Waals surface area contributed by atoms with Crippen molar-refractivity contribution in [1.82, 2.24) is 0 Å². The average molecular weight is 782 g/mol. The molecule has 0 saturated carbocycles. The lowest BCUT2D eigenvalue weighted by Crippen LogP contribution is -2.29. The number of benzene rings is 8. The first-order chi connectivity index (χ1) is 30.0. The fraction of sp³-hybridized carbons (Fsp3) is 0.100. The Kier molecular flexibility index (Phi) is 8.76. The molecular formula is C60H47N. The normalized spacial score (nSPS) is 15.2. The monoisotopic (exact) mass is 781 g/mol. The van der Waals surface area contributed by atoms with E-state index < -0.39 is 5.41 Å². The zero-order valence-electron chi connectivity index (χ0n) is 34.8. The third-order valence-electron chi connectivity index (χ3n) is 13.6. The quantitative estimate of drug-likeness (QED) is 0.139. The van der Waals surface area contributed by atoms with Crippen molar-refractivity contribution in [3.63, 3.8) is 0 Å². The predicted octanol–water partition coefficient (Wildman–Crippen LogP) is 15.4. The molecule has 8 aromatic rings. The van der Waals surface area contributed by atoms with E-state index in [4.69, 9.17) is 0 Å². The molecule has 3 aliphatic carbocycles. The topological polar surface area (TPSA) is 3.24 Å². The van der Waals surface area contributed by atoms with Crippen LogP contribution in [0, 0.1) is 0 Å². The van der Waals surface area contributed by atoms with Gasteiger partial charge in [-0.1, -0.05) is 202 Å². The van der Waals surface area contributed by atoms with E-state index in [1.807, 2.05) is 6.08 Å². The standard InChI is InChI=1S/C60H47N/c1-4-45(28-19-22-41-23-20-36-55-58(41)52-33-16-17-34-53(52)59(55,2)3)61(57-39-42-21-11-12-29-47(42)48-30-13-14-32-51(48)57)46-37-38-50-49-31-15-18-35-54(49)60(56(50)40-46,43-24-7-5-8-25-43)44-26-9-6-10-27-44/h4-13,15-31,33-40H,1,14,32H2,2-3H3/b22-19+,45-28+. The molecule has 1 nitrogen and oxygen atoms in total. The highest BCUT2D eigenvalue weighted by molar-refractivity contribution is 5.98. The van der Waals surface area contributed by atoms with Crippen molar-refractivity contribution in [2.45, 2.75) is 37.5 Å². The van der Waals surface area contributed by atoms with Crippen LogP contribution in [0.4, 0.5) is 11.4 Å². The minimum absolute atomic E-state index is 0.0553. The van der Waals surface area contributed by atoms with Gasteiger partial charge in [0, 0.05) is 16.8 Å². The molecule has 0 amide bonds. The van der Waals surface area contributed by atoms with E-state index >= 15 is 0 Å². The van der Waals surface area contributed by atoms with E-state index in [9.17, 15) is 0 Å². The summed E-state index contributed by atoms with van der Waals surface area (Å²) in [7, 11) is 0. The molecule has 1 heteroatoms. The summed E-state index contributed by atoms with van der Waals surface area (Å²) in [6.07, 6.45) is 15.4. The number of fused-ring (bicyclic) bond motifs is 9. The lowest BCUT2D eigenvalue weighted by molar-refractivity contribution is 0.660. The Labute approximate surface area is 360 Å². The van der Waals surface area contributed by atoms with Crippen LogP contribution in [0.3, 0.4) is 0 Å². The molecule has 3 aliphatic rings. The number of hydrogen-bond donors (Lipinski definition) is 0. The number of hydrogen-bond acceptors (Lipinski definition) is 1. The minimum Gasteiger partial charge on any atom is -0.310 e. The predicted molar refractivity (Wildman–Crippen MR) is 259 cm³/mol. The van der Waals surface area contributed by atoms with Crippen LogP contribution in [0.15, 0.2) is 213 Å². The fourth-order valence-electron chi connectivity index (χ4n) is 10.9. The molecule has 0 N–H and O–H groups in total. The van der Waals surface area contributed by atoms with Crippen LogP contribution in [0.25, 0.3) is 45.2 Å². The lowest BCUT2D eigenvalue weighted by Gasteiger charge is -2.35. The van der Waals surface area contributed by atoms with Crippen molar-refractivity contribution < 1.29 is 0 Å². The van der Waals surface area contributed by atoms with Gasteiger partial charge in [-0.15, -0.1) is 0 Å². The Morgan fingerprint density at radius 2 is 1.26 bits per heavy atom. The molecule has 0 unspecified atom stereocenters. The molecule has 8 aromatic carbocycles. The van der Waals surface area contributed by atoms with Crippen molar-refractivity contribution in [2.75, 3.05) is 4.90 Å². The molecule has 61 heavy (non-hydrogen) atoms. The lowest BCUT2D eigenvalue weighted by atomic mass is 9.67. The second kappa shape index (κ2) is 14.5. The second-order valence-corrected chi connectivity index (χ2v) is 17.1. The number of nitrogens with zero attached hydrogens (tertiary/aromatic N) is 1. The summed E-state index contributed by atoms with van der Waals surface area (Å²) in [4.78, 5) is 2.47. The van der Waals surface area contributed by atoms with Gasteiger partial charge in [0.2, 0.25) is 0 Å². The van der Waals surface area contributed by atoms with Crippen LogP contribution in [-0.4, -0.2) is 0 Å². The van der Waals surface area contributed by atoms with E-state index in [1.54, 1.807) is 0 Å². The second-order valence-electron chi connectivity index (χ2n) is 17.1. The van der Waals surface area contributed by atoms with Crippen LogP contribution < -0.4 is 4.90 Å². The maximum Gasteiger partial charge on any atom is 0.0714 e. The summed E-state index contributed by atoms with van der Waals surface area (Å²) in [5, 5.41) is 2.52. The minimum atomic E-state index is -0.516. The molecule has 292 valence electrons. The Morgan fingerprint density at radius 3 is 2.03 bits per heavy atom. The largest absolute Gasteiger partial charge is 0.310 e. The van der Waals surface area contributed by atoms with Gasteiger partial charge in [0.25, 0.3) is 0 Å². The van der Waals surface area contributed by atoms with Gasteiger partial charge in [-0.05, 0) is 126 Å². The molecule has 0 spiro atoms. The molecule has 0 aliphatic heterocycles. The SMILES string of the molecule is C=C/C(=C\C=C\c1cccc2c1-c1ccccc1C2(C)C)N(c1ccc2c(c1)C(c1ccccc1)(c1ccccc1)c1ccccc1-2)c1cc2ccccc2c2c1CCC=C2. The average Bonchev–Trinajstić information content (AvgIpc) is 3.75.